The molecular weight excluding hydrogens is 423 g/mol. The zero-order valence-corrected chi connectivity index (χ0v) is 19.3. The Labute approximate surface area is 192 Å². The van der Waals surface area contributed by atoms with E-state index in [1.54, 1.807) is 7.11 Å². The van der Waals surface area contributed by atoms with Crippen molar-refractivity contribution in [3.63, 3.8) is 0 Å². The standard InChI is InChI=1S/C23H32N2O3.2ClH/c1-26-23-18-21(19-24-11-5-12-25-13-16-27-17-14-25)8-9-22(23)28-15-10-20-6-3-2-4-7-20;;/h2-4,6-9,18,24H,5,10-17,19H2,1H3;2*1H. The van der Waals surface area contributed by atoms with Gasteiger partial charge in [0.05, 0.1) is 26.9 Å². The molecule has 0 aliphatic carbocycles. The van der Waals surface area contributed by atoms with Crippen molar-refractivity contribution in [2.75, 3.05) is 53.1 Å². The Morgan fingerprint density at radius 3 is 2.47 bits per heavy atom. The molecule has 1 aliphatic rings. The van der Waals surface area contributed by atoms with Crippen LogP contribution in [0.4, 0.5) is 0 Å². The van der Waals surface area contributed by atoms with Gasteiger partial charge in [-0.15, -0.1) is 24.8 Å². The number of ether oxygens (including phenoxy) is 3. The first-order valence-corrected chi connectivity index (χ1v) is 10.2. The Morgan fingerprint density at radius 2 is 1.73 bits per heavy atom. The van der Waals surface area contributed by atoms with Crippen LogP contribution in [0.25, 0.3) is 0 Å². The number of nitrogens with one attached hydrogen (secondary N) is 1. The van der Waals surface area contributed by atoms with Gasteiger partial charge in [0.2, 0.25) is 0 Å². The average Bonchev–Trinajstić information content (AvgIpc) is 2.75. The van der Waals surface area contributed by atoms with Crippen molar-refractivity contribution in [3.05, 3.63) is 59.7 Å². The van der Waals surface area contributed by atoms with Crippen molar-refractivity contribution >= 4 is 24.8 Å². The van der Waals surface area contributed by atoms with Crippen molar-refractivity contribution in [2.45, 2.75) is 19.4 Å². The maximum atomic E-state index is 5.94. The fourth-order valence-electron chi connectivity index (χ4n) is 3.35. The molecule has 0 radical (unpaired) electrons. The van der Waals surface area contributed by atoms with Crippen molar-refractivity contribution in [1.82, 2.24) is 10.2 Å². The van der Waals surface area contributed by atoms with Crippen LogP contribution in [0, 0.1) is 0 Å². The van der Waals surface area contributed by atoms with E-state index in [1.807, 2.05) is 12.1 Å². The number of rotatable bonds is 11. The molecule has 7 heteroatoms. The fraction of sp³-hybridized carbons (Fsp3) is 0.478. The number of methoxy groups -OCH3 is 1. The van der Waals surface area contributed by atoms with Gasteiger partial charge in [-0.2, -0.15) is 0 Å². The Bertz CT molecular complexity index is 698. The molecule has 0 saturated carbocycles. The summed E-state index contributed by atoms with van der Waals surface area (Å²) in [6.45, 7) is 7.47. The van der Waals surface area contributed by atoms with E-state index in [9.17, 15) is 0 Å². The molecule has 168 valence electrons. The number of hydrogen-bond acceptors (Lipinski definition) is 5. The largest absolute Gasteiger partial charge is 0.493 e. The molecule has 1 saturated heterocycles. The van der Waals surface area contributed by atoms with E-state index in [0.29, 0.717) is 6.61 Å². The van der Waals surface area contributed by atoms with Crippen molar-refractivity contribution in [1.29, 1.82) is 0 Å². The van der Waals surface area contributed by atoms with E-state index < -0.39 is 0 Å². The van der Waals surface area contributed by atoms with Crippen LogP contribution < -0.4 is 14.8 Å². The molecule has 0 unspecified atom stereocenters. The third-order valence-electron chi connectivity index (χ3n) is 4.98. The summed E-state index contributed by atoms with van der Waals surface area (Å²) in [5.74, 6) is 1.59. The van der Waals surface area contributed by atoms with Crippen LogP contribution in [-0.4, -0.2) is 58.0 Å². The molecule has 0 atom stereocenters. The molecule has 0 spiro atoms. The van der Waals surface area contributed by atoms with Gasteiger partial charge in [0, 0.05) is 26.1 Å². The third-order valence-corrected chi connectivity index (χ3v) is 4.98. The lowest BCUT2D eigenvalue weighted by atomic mass is 10.1. The first-order chi connectivity index (χ1) is 13.8. The predicted molar refractivity (Wildman–Crippen MR) is 127 cm³/mol. The van der Waals surface area contributed by atoms with Crippen LogP contribution in [0.15, 0.2) is 48.5 Å². The molecule has 2 aromatic carbocycles. The topological polar surface area (TPSA) is 43.0 Å². The van der Waals surface area contributed by atoms with Crippen LogP contribution in [0.5, 0.6) is 11.5 Å². The summed E-state index contributed by atoms with van der Waals surface area (Å²) in [6, 6.07) is 16.6. The van der Waals surface area contributed by atoms with Crippen molar-refractivity contribution in [3.8, 4) is 11.5 Å². The lowest BCUT2D eigenvalue weighted by molar-refractivity contribution is 0.0374. The Morgan fingerprint density at radius 1 is 0.967 bits per heavy atom. The first-order valence-electron chi connectivity index (χ1n) is 10.2. The minimum Gasteiger partial charge on any atom is -0.493 e. The van der Waals surface area contributed by atoms with E-state index in [4.69, 9.17) is 14.2 Å². The summed E-state index contributed by atoms with van der Waals surface area (Å²) in [4.78, 5) is 2.47. The lowest BCUT2D eigenvalue weighted by Crippen LogP contribution is -2.37. The summed E-state index contributed by atoms with van der Waals surface area (Å²) in [5.41, 5.74) is 2.48. The lowest BCUT2D eigenvalue weighted by Gasteiger charge is -2.26. The smallest absolute Gasteiger partial charge is 0.161 e. The fourth-order valence-corrected chi connectivity index (χ4v) is 3.35. The summed E-state index contributed by atoms with van der Waals surface area (Å²) >= 11 is 0. The highest BCUT2D eigenvalue weighted by Crippen LogP contribution is 2.28. The Hall–Kier alpha value is -1.50. The van der Waals surface area contributed by atoms with Crippen LogP contribution in [0.2, 0.25) is 0 Å². The van der Waals surface area contributed by atoms with Gasteiger partial charge < -0.3 is 19.5 Å². The summed E-state index contributed by atoms with van der Waals surface area (Å²) < 4.78 is 16.8. The predicted octanol–water partition coefficient (Wildman–Crippen LogP) is 3.97. The van der Waals surface area contributed by atoms with Crippen molar-refractivity contribution < 1.29 is 14.2 Å². The van der Waals surface area contributed by atoms with Gasteiger partial charge in [-0.05, 0) is 42.8 Å². The highest BCUT2D eigenvalue weighted by atomic mass is 35.5. The first kappa shape index (κ1) is 26.5. The maximum Gasteiger partial charge on any atom is 0.161 e. The van der Waals surface area contributed by atoms with Gasteiger partial charge in [-0.25, -0.2) is 0 Å². The van der Waals surface area contributed by atoms with Gasteiger partial charge >= 0.3 is 0 Å². The number of hydrogen-bond donors (Lipinski definition) is 1. The summed E-state index contributed by atoms with van der Waals surface area (Å²) in [7, 11) is 1.69. The molecular formula is C23H34Cl2N2O3. The second-order valence-electron chi connectivity index (χ2n) is 7.05. The monoisotopic (exact) mass is 456 g/mol. The molecule has 0 amide bonds. The summed E-state index contributed by atoms with van der Waals surface area (Å²) in [6.07, 6.45) is 2.04. The van der Waals surface area contributed by atoms with E-state index in [1.165, 1.54) is 11.1 Å². The molecule has 3 rings (SSSR count). The van der Waals surface area contributed by atoms with E-state index in [2.05, 4.69) is 46.6 Å². The normalized spacial score (nSPS) is 13.8. The molecule has 5 nitrogen and oxygen atoms in total. The Kier molecular flexibility index (Phi) is 13.6. The van der Waals surface area contributed by atoms with Crippen LogP contribution in [0.3, 0.4) is 0 Å². The summed E-state index contributed by atoms with van der Waals surface area (Å²) in [5, 5.41) is 3.52. The average molecular weight is 457 g/mol. The quantitative estimate of drug-likeness (QED) is 0.518. The number of nitrogens with zero attached hydrogens (tertiary/aromatic N) is 1. The molecule has 2 aromatic rings. The highest BCUT2D eigenvalue weighted by Gasteiger charge is 2.09. The van der Waals surface area contributed by atoms with E-state index in [0.717, 1.165) is 70.3 Å². The van der Waals surface area contributed by atoms with Crippen LogP contribution in [-0.2, 0) is 17.7 Å². The minimum absolute atomic E-state index is 0. The van der Waals surface area contributed by atoms with E-state index in [-0.39, 0.29) is 24.8 Å². The molecule has 30 heavy (non-hydrogen) atoms. The van der Waals surface area contributed by atoms with Crippen LogP contribution in [0.1, 0.15) is 17.5 Å². The highest BCUT2D eigenvalue weighted by molar-refractivity contribution is 5.85. The van der Waals surface area contributed by atoms with Gasteiger partial charge in [-0.1, -0.05) is 36.4 Å². The minimum atomic E-state index is 0. The SMILES string of the molecule is COc1cc(CNCCCN2CCOCC2)ccc1OCCc1ccccc1.Cl.Cl. The zero-order valence-electron chi connectivity index (χ0n) is 17.7. The number of morpholine rings is 1. The molecule has 1 N–H and O–H groups in total. The zero-order chi connectivity index (χ0) is 19.4. The van der Waals surface area contributed by atoms with Gasteiger partial charge in [0.25, 0.3) is 0 Å². The maximum absolute atomic E-state index is 5.94. The van der Waals surface area contributed by atoms with Gasteiger partial charge in [0.1, 0.15) is 0 Å². The molecule has 0 bridgehead atoms. The van der Waals surface area contributed by atoms with Gasteiger partial charge in [-0.3, -0.25) is 4.90 Å². The molecule has 1 aliphatic heterocycles. The molecule has 1 heterocycles. The third kappa shape index (κ3) is 9.11. The number of benzene rings is 2. The van der Waals surface area contributed by atoms with E-state index >= 15 is 0 Å². The number of halogens is 2. The van der Waals surface area contributed by atoms with Crippen molar-refractivity contribution in [2.24, 2.45) is 0 Å². The molecule has 1 fully saturated rings. The second-order valence-corrected chi connectivity index (χ2v) is 7.05. The molecule has 0 aromatic heterocycles. The Balaban J connectivity index is 0.00000225. The second kappa shape index (κ2) is 15.3. The van der Waals surface area contributed by atoms with Gasteiger partial charge in [0.15, 0.2) is 11.5 Å². The van der Waals surface area contributed by atoms with Crippen LogP contribution >= 0.6 is 24.8 Å².